The summed E-state index contributed by atoms with van der Waals surface area (Å²) >= 11 is 12.6. The van der Waals surface area contributed by atoms with Gasteiger partial charge in [-0.3, -0.25) is 4.79 Å². The number of carbonyl (C=O) groups is 1. The van der Waals surface area contributed by atoms with Gasteiger partial charge in [-0.15, -0.1) is 0 Å². The molecule has 25 heavy (non-hydrogen) atoms. The first-order valence-corrected chi connectivity index (χ1v) is 8.84. The van der Waals surface area contributed by atoms with Crippen LogP contribution in [0.25, 0.3) is 10.9 Å². The molecular formula is C18H19Cl2N3O2. The van der Waals surface area contributed by atoms with Gasteiger partial charge in [0, 0.05) is 23.5 Å². The number of nitriles is 1. The van der Waals surface area contributed by atoms with E-state index in [9.17, 15) is 9.90 Å². The highest BCUT2D eigenvalue weighted by Gasteiger charge is 2.31. The molecular weight excluding hydrogens is 361 g/mol. The molecule has 1 atom stereocenters. The van der Waals surface area contributed by atoms with E-state index in [1.165, 1.54) is 0 Å². The van der Waals surface area contributed by atoms with Crippen molar-refractivity contribution in [3.8, 4) is 6.07 Å². The molecule has 0 fully saturated rings. The fourth-order valence-electron chi connectivity index (χ4n) is 3.58. The number of benzene rings is 1. The van der Waals surface area contributed by atoms with Crippen molar-refractivity contribution in [2.45, 2.75) is 44.6 Å². The zero-order chi connectivity index (χ0) is 18.4. The zero-order valence-electron chi connectivity index (χ0n) is 14.0. The molecule has 2 heterocycles. The van der Waals surface area contributed by atoms with Gasteiger partial charge in [0.1, 0.15) is 0 Å². The van der Waals surface area contributed by atoms with Crippen molar-refractivity contribution in [3.63, 3.8) is 0 Å². The largest absolute Gasteiger partial charge is 0.390 e. The molecule has 1 aliphatic heterocycles. The molecule has 1 aromatic heterocycles. The van der Waals surface area contributed by atoms with Crippen LogP contribution >= 0.6 is 23.2 Å². The van der Waals surface area contributed by atoms with Crippen LogP contribution in [0.4, 0.5) is 0 Å². The van der Waals surface area contributed by atoms with Crippen LogP contribution in [-0.4, -0.2) is 28.1 Å². The lowest BCUT2D eigenvalue weighted by atomic mass is 9.88. The molecule has 5 nitrogen and oxygen atoms in total. The monoisotopic (exact) mass is 379 g/mol. The smallest absolute Gasteiger partial charge is 0.224 e. The molecule has 1 amide bonds. The third kappa shape index (κ3) is 3.48. The van der Waals surface area contributed by atoms with Crippen molar-refractivity contribution in [1.82, 2.24) is 10.3 Å². The summed E-state index contributed by atoms with van der Waals surface area (Å²) in [4.78, 5) is 15.5. The number of nitrogens with zero attached hydrogens (tertiary/aromatic N) is 1. The van der Waals surface area contributed by atoms with Gasteiger partial charge in [0.05, 0.1) is 40.1 Å². The minimum absolute atomic E-state index is 0.0846. The number of aromatic amines is 1. The van der Waals surface area contributed by atoms with Crippen molar-refractivity contribution in [2.75, 3.05) is 6.54 Å². The van der Waals surface area contributed by atoms with Gasteiger partial charge in [-0.05, 0) is 37.5 Å². The Morgan fingerprint density at radius 2 is 2.16 bits per heavy atom. The summed E-state index contributed by atoms with van der Waals surface area (Å²) in [6, 6.07) is 3.83. The molecule has 1 aliphatic rings. The SMILES string of the molecule is CC(C)(O)C[C@H]1CNC(=O)Cc2c1[nH]c1c(Cl)c(Cl)cc(CC#N)c21. The van der Waals surface area contributed by atoms with Crippen LogP contribution in [0.15, 0.2) is 6.07 Å². The van der Waals surface area contributed by atoms with Gasteiger partial charge >= 0.3 is 0 Å². The summed E-state index contributed by atoms with van der Waals surface area (Å²) in [7, 11) is 0. The molecule has 0 unspecified atom stereocenters. The number of amides is 1. The Morgan fingerprint density at radius 3 is 2.80 bits per heavy atom. The lowest BCUT2D eigenvalue weighted by Crippen LogP contribution is -2.30. The minimum Gasteiger partial charge on any atom is -0.390 e. The van der Waals surface area contributed by atoms with Gasteiger partial charge < -0.3 is 15.4 Å². The molecule has 0 saturated heterocycles. The van der Waals surface area contributed by atoms with Gasteiger partial charge in [0.15, 0.2) is 0 Å². The Labute approximate surface area is 155 Å². The molecule has 7 heteroatoms. The van der Waals surface area contributed by atoms with Gasteiger partial charge in [-0.1, -0.05) is 23.2 Å². The summed E-state index contributed by atoms with van der Waals surface area (Å²) < 4.78 is 0. The predicted octanol–water partition coefficient (Wildman–Crippen LogP) is 3.46. The van der Waals surface area contributed by atoms with Gasteiger partial charge in [-0.25, -0.2) is 0 Å². The third-order valence-corrected chi connectivity index (χ3v) is 5.28. The molecule has 132 valence electrons. The van der Waals surface area contributed by atoms with Crippen LogP contribution in [0.5, 0.6) is 0 Å². The van der Waals surface area contributed by atoms with E-state index >= 15 is 0 Å². The van der Waals surface area contributed by atoms with Crippen LogP contribution in [0, 0.1) is 11.3 Å². The topological polar surface area (TPSA) is 88.9 Å². The first kappa shape index (κ1) is 18.1. The van der Waals surface area contributed by atoms with E-state index in [2.05, 4.69) is 16.4 Å². The van der Waals surface area contributed by atoms with E-state index in [-0.39, 0.29) is 24.7 Å². The lowest BCUT2D eigenvalue weighted by molar-refractivity contribution is -0.120. The van der Waals surface area contributed by atoms with Gasteiger partial charge in [0.2, 0.25) is 5.91 Å². The summed E-state index contributed by atoms with van der Waals surface area (Å²) in [5, 5.41) is 23.8. The van der Waals surface area contributed by atoms with Crippen molar-refractivity contribution in [3.05, 3.63) is 32.9 Å². The average Bonchev–Trinajstić information content (AvgIpc) is 2.81. The van der Waals surface area contributed by atoms with Crippen molar-refractivity contribution < 1.29 is 9.90 Å². The number of halogens is 2. The number of H-pyrrole nitrogens is 1. The molecule has 1 aromatic carbocycles. The highest BCUT2D eigenvalue weighted by atomic mass is 35.5. The highest BCUT2D eigenvalue weighted by Crippen LogP contribution is 2.40. The van der Waals surface area contributed by atoms with Crippen LogP contribution < -0.4 is 5.32 Å². The van der Waals surface area contributed by atoms with Crippen molar-refractivity contribution in [1.29, 1.82) is 5.26 Å². The van der Waals surface area contributed by atoms with E-state index < -0.39 is 5.60 Å². The number of aliphatic hydroxyl groups is 1. The lowest BCUT2D eigenvalue weighted by Gasteiger charge is -2.24. The van der Waals surface area contributed by atoms with E-state index in [1.807, 2.05) is 0 Å². The van der Waals surface area contributed by atoms with E-state index in [4.69, 9.17) is 28.5 Å². The highest BCUT2D eigenvalue weighted by molar-refractivity contribution is 6.45. The average molecular weight is 380 g/mol. The molecule has 0 spiro atoms. The molecule has 0 radical (unpaired) electrons. The standard InChI is InChI=1S/C18H19Cl2N3O2/c1-18(2,25)7-10-8-22-13(24)6-11-14-9(3-4-21)5-12(19)15(20)17(14)23-16(10)11/h5,10,23,25H,3,6-8H2,1-2H3,(H,22,24)/t10-/m0/s1. The summed E-state index contributed by atoms with van der Waals surface area (Å²) in [5.74, 6) is -0.173. The third-order valence-electron chi connectivity index (χ3n) is 4.49. The van der Waals surface area contributed by atoms with Crippen molar-refractivity contribution in [2.24, 2.45) is 0 Å². The number of rotatable bonds is 3. The first-order valence-electron chi connectivity index (χ1n) is 8.08. The normalized spacial score (nSPS) is 17.8. The second-order valence-corrected chi connectivity index (χ2v) is 7.91. The molecule has 0 aliphatic carbocycles. The fourth-order valence-corrected chi connectivity index (χ4v) is 4.00. The van der Waals surface area contributed by atoms with Crippen LogP contribution in [0.2, 0.25) is 10.0 Å². The number of aromatic nitrogens is 1. The fraction of sp³-hybridized carbons (Fsp3) is 0.444. The molecule has 0 bridgehead atoms. The maximum Gasteiger partial charge on any atom is 0.224 e. The molecule has 3 N–H and O–H groups in total. The zero-order valence-corrected chi connectivity index (χ0v) is 15.6. The second-order valence-electron chi connectivity index (χ2n) is 7.13. The minimum atomic E-state index is -0.884. The quantitative estimate of drug-likeness (QED) is 0.762. The summed E-state index contributed by atoms with van der Waals surface area (Å²) in [5.41, 5.74) is 2.23. The van der Waals surface area contributed by atoms with Gasteiger partial charge in [-0.2, -0.15) is 5.26 Å². The summed E-state index contributed by atoms with van der Waals surface area (Å²) in [6.07, 6.45) is 0.857. The first-order chi connectivity index (χ1) is 11.7. The molecule has 2 aromatic rings. The van der Waals surface area contributed by atoms with Crippen LogP contribution in [-0.2, 0) is 17.6 Å². The number of nitrogens with one attached hydrogen (secondary N) is 2. The Morgan fingerprint density at radius 1 is 1.44 bits per heavy atom. The number of fused-ring (bicyclic) bond motifs is 3. The van der Waals surface area contributed by atoms with Crippen molar-refractivity contribution >= 4 is 40.0 Å². The van der Waals surface area contributed by atoms with Gasteiger partial charge in [0.25, 0.3) is 0 Å². The Hall–Kier alpha value is -1.74. The predicted molar refractivity (Wildman–Crippen MR) is 98.0 cm³/mol. The van der Waals surface area contributed by atoms with Crippen LogP contribution in [0.1, 0.15) is 43.0 Å². The Kier molecular flexibility index (Phi) is 4.72. The maximum absolute atomic E-state index is 12.2. The van der Waals surface area contributed by atoms with Crippen LogP contribution in [0.3, 0.4) is 0 Å². The Bertz CT molecular complexity index is 891. The number of hydrogen-bond donors (Lipinski definition) is 3. The number of carbonyl (C=O) groups excluding carboxylic acids is 1. The molecule has 3 rings (SSSR count). The maximum atomic E-state index is 12.2. The van der Waals surface area contributed by atoms with E-state index in [1.54, 1.807) is 19.9 Å². The second kappa shape index (κ2) is 6.53. The van der Waals surface area contributed by atoms with E-state index in [0.29, 0.717) is 28.5 Å². The Balaban J connectivity index is 2.28. The summed E-state index contributed by atoms with van der Waals surface area (Å²) in [6.45, 7) is 3.92. The van der Waals surface area contributed by atoms with E-state index in [0.717, 1.165) is 22.2 Å². The molecule has 0 saturated carbocycles. The number of hydrogen-bond acceptors (Lipinski definition) is 3.